The van der Waals surface area contributed by atoms with Crippen LogP contribution in [0.1, 0.15) is 37.0 Å². The smallest absolute Gasteiger partial charge is 0.252 e. The highest BCUT2D eigenvalue weighted by molar-refractivity contribution is 7.92. The van der Waals surface area contributed by atoms with Crippen molar-refractivity contribution in [2.24, 2.45) is 0 Å². The zero-order chi connectivity index (χ0) is 30.8. The Morgan fingerprint density at radius 1 is 1.12 bits per heavy atom. The van der Waals surface area contributed by atoms with Crippen molar-refractivity contribution < 1.29 is 26.4 Å². The van der Waals surface area contributed by atoms with Crippen LogP contribution in [0.4, 0.5) is 0 Å². The molecule has 0 aliphatic carbocycles. The second-order valence-electron chi connectivity index (χ2n) is 11.1. The third-order valence-electron chi connectivity index (χ3n) is 8.23. The number of amides is 2. The Balaban J connectivity index is 1.13. The molecule has 5 rings (SSSR count). The Morgan fingerprint density at radius 3 is 2.63 bits per heavy atom. The molecule has 3 aliphatic rings. The van der Waals surface area contributed by atoms with Gasteiger partial charge in [-0.05, 0) is 68.3 Å². The maximum absolute atomic E-state index is 13.4. The number of nitrogens with zero attached hydrogens (tertiary/aromatic N) is 4. The number of carbonyl (C=O) groups is 2. The summed E-state index contributed by atoms with van der Waals surface area (Å²) in [6, 6.07) is 5.66. The second kappa shape index (κ2) is 13.6. The van der Waals surface area contributed by atoms with Gasteiger partial charge in [-0.25, -0.2) is 16.8 Å². The average molecular weight is 690 g/mol. The molecule has 2 amide bonds. The zero-order valence-electron chi connectivity index (χ0n) is 23.8. The van der Waals surface area contributed by atoms with Gasteiger partial charge in [0.15, 0.2) is 0 Å². The van der Waals surface area contributed by atoms with Crippen LogP contribution in [0.3, 0.4) is 0 Å². The standard InChI is InChI=1S/C27H36ClN5O6S4/c1-30(43(38,39)26-7-4-15-40-26)20-10-14-31(17-20)18-21-5-2-13-33(21)25(34)19-32-12-3-6-23(27(32)35)29-42(36,37)16-11-22-8-9-24(28)41-22/h4,7-9,11,15-16,20-21,23,29H,2-3,5-6,10,12-14,17-19H2,1H3/b16-11+. The lowest BCUT2D eigenvalue weighted by Crippen LogP contribution is -2.55. The van der Waals surface area contributed by atoms with Gasteiger partial charge in [0.25, 0.3) is 10.0 Å². The molecule has 0 aromatic carbocycles. The van der Waals surface area contributed by atoms with Crippen molar-refractivity contribution in [1.82, 2.24) is 23.7 Å². The maximum atomic E-state index is 13.4. The predicted octanol–water partition coefficient (Wildman–Crippen LogP) is 2.73. The molecule has 0 spiro atoms. The number of piperidine rings is 1. The van der Waals surface area contributed by atoms with Crippen molar-refractivity contribution in [3.8, 4) is 0 Å². The number of halogens is 1. The van der Waals surface area contributed by atoms with E-state index in [0.717, 1.165) is 31.2 Å². The molecule has 3 unspecified atom stereocenters. The van der Waals surface area contributed by atoms with E-state index in [2.05, 4.69) is 9.62 Å². The van der Waals surface area contributed by atoms with Crippen molar-refractivity contribution in [3.05, 3.63) is 44.3 Å². The van der Waals surface area contributed by atoms with E-state index in [0.29, 0.717) is 52.4 Å². The lowest BCUT2D eigenvalue weighted by molar-refractivity contribution is -0.143. The third kappa shape index (κ3) is 7.87. The molecule has 0 saturated carbocycles. The van der Waals surface area contributed by atoms with Crippen LogP contribution in [0.5, 0.6) is 0 Å². The normalized spacial score (nSPS) is 24.2. The molecule has 1 N–H and O–H groups in total. The fraction of sp³-hybridized carbons (Fsp3) is 0.556. The number of hydrogen-bond donors (Lipinski definition) is 1. The van der Waals surface area contributed by atoms with Gasteiger partial charge in [0, 0.05) is 55.6 Å². The van der Waals surface area contributed by atoms with Gasteiger partial charge >= 0.3 is 0 Å². The van der Waals surface area contributed by atoms with Crippen molar-refractivity contribution in [3.63, 3.8) is 0 Å². The number of sulfonamides is 2. The van der Waals surface area contributed by atoms with E-state index in [1.165, 1.54) is 38.0 Å². The second-order valence-corrected chi connectivity index (χ2v) is 17.6. The minimum Gasteiger partial charge on any atom is -0.337 e. The lowest BCUT2D eigenvalue weighted by atomic mass is 10.1. The molecule has 2 aromatic heterocycles. The average Bonchev–Trinajstić information content (AvgIpc) is 3.78. The number of likely N-dealkylation sites (N-methyl/N-ethyl adjacent to an activating group) is 1. The highest BCUT2D eigenvalue weighted by Crippen LogP contribution is 2.27. The molecule has 0 radical (unpaired) electrons. The molecule has 3 fully saturated rings. The van der Waals surface area contributed by atoms with Crippen LogP contribution in [0.25, 0.3) is 6.08 Å². The summed E-state index contributed by atoms with van der Waals surface area (Å²) in [4.78, 5) is 32.8. The van der Waals surface area contributed by atoms with Crippen LogP contribution in [-0.2, 0) is 29.6 Å². The van der Waals surface area contributed by atoms with Gasteiger partial charge < -0.3 is 9.80 Å². The summed E-state index contributed by atoms with van der Waals surface area (Å²) in [5.74, 6) is -0.550. The van der Waals surface area contributed by atoms with E-state index in [-0.39, 0.29) is 24.5 Å². The molecule has 43 heavy (non-hydrogen) atoms. The van der Waals surface area contributed by atoms with E-state index < -0.39 is 32.0 Å². The predicted molar refractivity (Wildman–Crippen MR) is 169 cm³/mol. The molecular formula is C27H36ClN5O6S4. The maximum Gasteiger partial charge on any atom is 0.252 e. The highest BCUT2D eigenvalue weighted by Gasteiger charge is 2.38. The number of rotatable bonds is 11. The van der Waals surface area contributed by atoms with Crippen LogP contribution < -0.4 is 4.72 Å². The van der Waals surface area contributed by atoms with Crippen LogP contribution in [0, 0.1) is 0 Å². The van der Waals surface area contributed by atoms with Crippen LogP contribution in [0.15, 0.2) is 39.3 Å². The van der Waals surface area contributed by atoms with Crippen molar-refractivity contribution in [2.75, 3.05) is 46.3 Å². The Bertz CT molecular complexity index is 1540. The van der Waals surface area contributed by atoms with E-state index in [9.17, 15) is 26.4 Å². The molecule has 0 bridgehead atoms. The van der Waals surface area contributed by atoms with Crippen molar-refractivity contribution in [2.45, 2.75) is 54.4 Å². The van der Waals surface area contributed by atoms with Gasteiger partial charge in [0.1, 0.15) is 10.3 Å². The number of hydrogen-bond acceptors (Lipinski definition) is 9. The number of thiophene rings is 2. The van der Waals surface area contributed by atoms with E-state index in [1.54, 1.807) is 36.7 Å². The van der Waals surface area contributed by atoms with Gasteiger partial charge in [-0.2, -0.15) is 9.03 Å². The molecule has 11 nitrogen and oxygen atoms in total. The minimum atomic E-state index is -3.88. The monoisotopic (exact) mass is 689 g/mol. The molecule has 5 heterocycles. The number of carbonyl (C=O) groups excluding carboxylic acids is 2. The van der Waals surface area contributed by atoms with E-state index >= 15 is 0 Å². The Labute approximate surface area is 266 Å². The fourth-order valence-corrected chi connectivity index (χ4v) is 10.6. The largest absolute Gasteiger partial charge is 0.337 e. The first-order chi connectivity index (χ1) is 20.4. The molecule has 236 valence electrons. The lowest BCUT2D eigenvalue weighted by Gasteiger charge is -2.34. The molecule has 2 aromatic rings. The minimum absolute atomic E-state index is 0.0180. The Kier molecular flexibility index (Phi) is 10.3. The molecule has 3 atom stereocenters. The van der Waals surface area contributed by atoms with Crippen molar-refractivity contribution >= 4 is 72.2 Å². The fourth-order valence-electron chi connectivity index (χ4n) is 5.95. The van der Waals surface area contributed by atoms with Gasteiger partial charge in [0.05, 0.1) is 10.9 Å². The van der Waals surface area contributed by atoms with Gasteiger partial charge in [-0.3, -0.25) is 14.5 Å². The molecule has 3 aliphatic heterocycles. The van der Waals surface area contributed by atoms with E-state index in [4.69, 9.17) is 11.6 Å². The highest BCUT2D eigenvalue weighted by atomic mass is 35.5. The third-order valence-corrected chi connectivity index (χ3v) is 13.8. The summed E-state index contributed by atoms with van der Waals surface area (Å²) in [6.07, 6.45) is 4.80. The van der Waals surface area contributed by atoms with Gasteiger partial charge in [-0.1, -0.05) is 17.7 Å². The first-order valence-corrected chi connectivity index (χ1v) is 19.3. The summed E-state index contributed by atoms with van der Waals surface area (Å²) >= 11 is 8.36. The van der Waals surface area contributed by atoms with Gasteiger partial charge in [-0.15, -0.1) is 22.7 Å². The topological polar surface area (TPSA) is 127 Å². The van der Waals surface area contributed by atoms with Crippen molar-refractivity contribution in [1.29, 1.82) is 0 Å². The quantitative estimate of drug-likeness (QED) is 0.385. The van der Waals surface area contributed by atoms with Crippen LogP contribution >= 0.6 is 34.3 Å². The number of likely N-dealkylation sites (tertiary alicyclic amines) is 3. The molecule has 3 saturated heterocycles. The summed E-state index contributed by atoms with van der Waals surface area (Å²) < 4.78 is 56.0. The first kappa shape index (κ1) is 32.5. The van der Waals surface area contributed by atoms with Crippen LogP contribution in [-0.4, -0.2) is 112 Å². The summed E-state index contributed by atoms with van der Waals surface area (Å²) in [5, 5.41) is 2.78. The summed E-state index contributed by atoms with van der Waals surface area (Å²) in [7, 11) is -5.78. The SMILES string of the molecule is CN(C1CCN(CC2CCCN2C(=O)CN2CCCC(NS(=O)(=O)/C=C/c3ccc(Cl)s3)C2=O)C1)S(=O)(=O)c1cccs1. The number of nitrogens with one attached hydrogen (secondary N) is 1. The Hall–Kier alpha value is -1.85. The Morgan fingerprint density at radius 2 is 1.91 bits per heavy atom. The molecular weight excluding hydrogens is 654 g/mol. The molecule has 16 heteroatoms. The van der Waals surface area contributed by atoms with Gasteiger partial charge in [0.2, 0.25) is 21.8 Å². The summed E-state index contributed by atoms with van der Waals surface area (Å²) in [6.45, 7) is 2.88. The zero-order valence-corrected chi connectivity index (χ0v) is 27.8. The first-order valence-electron chi connectivity index (χ1n) is 14.2. The van der Waals surface area contributed by atoms with Crippen LogP contribution in [0.2, 0.25) is 4.34 Å². The van der Waals surface area contributed by atoms with E-state index in [1.807, 2.05) is 4.90 Å². The summed E-state index contributed by atoms with van der Waals surface area (Å²) in [5.41, 5.74) is 0.